The number of thiazole rings is 1. The molecule has 106 valence electrons. The van der Waals surface area contributed by atoms with Gasteiger partial charge < -0.3 is 11.1 Å². The van der Waals surface area contributed by atoms with Crippen LogP contribution in [0.1, 0.15) is 21.1 Å². The summed E-state index contributed by atoms with van der Waals surface area (Å²) >= 11 is 4.72. The Bertz CT molecular complexity index is 645. The Morgan fingerprint density at radius 3 is 2.95 bits per heavy atom. The molecule has 0 radical (unpaired) electrons. The number of nitrogens with two attached hydrogens (primary N) is 1. The van der Waals surface area contributed by atoms with Crippen LogP contribution in [0, 0.1) is 12.7 Å². The molecule has 20 heavy (non-hydrogen) atoms. The van der Waals surface area contributed by atoms with E-state index in [2.05, 4.69) is 26.2 Å². The fourth-order valence-electron chi connectivity index (χ4n) is 1.64. The standard InChI is InChI=1S/C13H13BrFN3OS/c1-7-6-20-12(18-7)2-3-17-13(19)8-4-11(16)10(15)5-9(8)14/h4-6H,2-3,16H2,1H3,(H,17,19). The van der Waals surface area contributed by atoms with Gasteiger partial charge in [-0.3, -0.25) is 4.79 Å². The van der Waals surface area contributed by atoms with E-state index in [4.69, 9.17) is 5.73 Å². The van der Waals surface area contributed by atoms with Crippen LogP contribution in [-0.4, -0.2) is 17.4 Å². The number of nitrogens with zero attached hydrogens (tertiary/aromatic N) is 1. The first kappa shape index (κ1) is 14.9. The van der Waals surface area contributed by atoms with Gasteiger partial charge in [0.25, 0.3) is 5.91 Å². The van der Waals surface area contributed by atoms with Gasteiger partial charge in [-0.2, -0.15) is 0 Å². The number of aromatic nitrogens is 1. The summed E-state index contributed by atoms with van der Waals surface area (Å²) in [6, 6.07) is 2.51. The number of nitrogens with one attached hydrogen (secondary N) is 1. The van der Waals surface area contributed by atoms with Crippen LogP contribution in [-0.2, 0) is 6.42 Å². The molecule has 0 saturated carbocycles. The molecule has 0 unspecified atom stereocenters. The topological polar surface area (TPSA) is 68.0 Å². The Balaban J connectivity index is 1.97. The van der Waals surface area contributed by atoms with Crippen LogP contribution in [0.15, 0.2) is 22.0 Å². The predicted octanol–water partition coefficient (Wildman–Crippen LogP) is 2.91. The lowest BCUT2D eigenvalue weighted by Crippen LogP contribution is -2.26. The number of hydrogen-bond donors (Lipinski definition) is 2. The van der Waals surface area contributed by atoms with Crippen molar-refractivity contribution in [1.29, 1.82) is 0 Å². The minimum Gasteiger partial charge on any atom is -0.396 e. The van der Waals surface area contributed by atoms with Crippen LogP contribution in [0.5, 0.6) is 0 Å². The van der Waals surface area contributed by atoms with E-state index in [1.54, 1.807) is 11.3 Å². The summed E-state index contributed by atoms with van der Waals surface area (Å²) in [5, 5.41) is 5.70. The van der Waals surface area contributed by atoms with Gasteiger partial charge in [-0.05, 0) is 35.0 Å². The first-order chi connectivity index (χ1) is 9.47. The molecular weight excluding hydrogens is 345 g/mol. The first-order valence-corrected chi connectivity index (χ1v) is 7.58. The molecule has 2 aromatic rings. The number of carbonyl (C=O) groups excluding carboxylic acids is 1. The van der Waals surface area contributed by atoms with Crippen molar-refractivity contribution in [1.82, 2.24) is 10.3 Å². The van der Waals surface area contributed by atoms with E-state index < -0.39 is 5.82 Å². The third-order valence-electron chi connectivity index (χ3n) is 2.62. The summed E-state index contributed by atoms with van der Waals surface area (Å²) in [6.07, 6.45) is 0.665. The normalized spacial score (nSPS) is 10.6. The number of aryl methyl sites for hydroxylation is 1. The third-order valence-corrected chi connectivity index (χ3v) is 4.30. The number of amides is 1. The average Bonchev–Trinajstić information content (AvgIpc) is 2.79. The molecule has 0 saturated heterocycles. The Hall–Kier alpha value is -1.47. The van der Waals surface area contributed by atoms with E-state index >= 15 is 0 Å². The third kappa shape index (κ3) is 3.55. The van der Waals surface area contributed by atoms with Crippen molar-refractivity contribution in [2.24, 2.45) is 0 Å². The molecular formula is C13H13BrFN3OS. The van der Waals surface area contributed by atoms with Gasteiger partial charge >= 0.3 is 0 Å². The average molecular weight is 358 g/mol. The van der Waals surface area contributed by atoms with Crippen LogP contribution in [0.25, 0.3) is 0 Å². The number of hydrogen-bond acceptors (Lipinski definition) is 4. The fraction of sp³-hybridized carbons (Fsp3) is 0.231. The Kier molecular flexibility index (Phi) is 4.72. The van der Waals surface area contributed by atoms with Gasteiger partial charge in [0.15, 0.2) is 0 Å². The van der Waals surface area contributed by atoms with Gasteiger partial charge in [-0.25, -0.2) is 9.37 Å². The highest BCUT2D eigenvalue weighted by Crippen LogP contribution is 2.22. The van der Waals surface area contributed by atoms with Crippen molar-refractivity contribution >= 4 is 38.9 Å². The fourth-order valence-corrected chi connectivity index (χ4v) is 2.91. The highest BCUT2D eigenvalue weighted by molar-refractivity contribution is 9.10. The van der Waals surface area contributed by atoms with Gasteiger partial charge in [0.2, 0.25) is 0 Å². The van der Waals surface area contributed by atoms with E-state index in [1.807, 2.05) is 12.3 Å². The van der Waals surface area contributed by atoms with Crippen molar-refractivity contribution in [3.63, 3.8) is 0 Å². The number of carbonyl (C=O) groups is 1. The smallest absolute Gasteiger partial charge is 0.252 e. The summed E-state index contributed by atoms with van der Waals surface area (Å²) in [7, 11) is 0. The zero-order valence-corrected chi connectivity index (χ0v) is 13.1. The van der Waals surface area contributed by atoms with Crippen molar-refractivity contribution in [3.8, 4) is 0 Å². The van der Waals surface area contributed by atoms with Crippen LogP contribution < -0.4 is 11.1 Å². The summed E-state index contributed by atoms with van der Waals surface area (Å²) in [5.74, 6) is -0.844. The number of nitrogen functional groups attached to an aromatic ring is 1. The van der Waals surface area contributed by atoms with Gasteiger partial charge in [0.1, 0.15) is 5.82 Å². The summed E-state index contributed by atoms with van der Waals surface area (Å²) in [5.41, 5.74) is 6.71. The number of halogens is 2. The van der Waals surface area contributed by atoms with Crippen LogP contribution in [0.4, 0.5) is 10.1 Å². The predicted molar refractivity (Wildman–Crippen MR) is 81.4 cm³/mol. The molecule has 0 spiro atoms. The lowest BCUT2D eigenvalue weighted by Gasteiger charge is -2.07. The van der Waals surface area contributed by atoms with Crippen molar-refractivity contribution in [3.05, 3.63) is 44.1 Å². The number of benzene rings is 1. The molecule has 0 atom stereocenters. The zero-order valence-electron chi connectivity index (χ0n) is 10.7. The molecule has 0 aliphatic carbocycles. The zero-order chi connectivity index (χ0) is 14.7. The molecule has 7 heteroatoms. The number of anilines is 1. The lowest BCUT2D eigenvalue weighted by atomic mass is 10.2. The summed E-state index contributed by atoms with van der Waals surface area (Å²) in [4.78, 5) is 16.3. The molecule has 1 amide bonds. The Labute approximate surface area is 128 Å². The highest BCUT2D eigenvalue weighted by Gasteiger charge is 2.13. The van der Waals surface area contributed by atoms with Gasteiger partial charge in [0.05, 0.1) is 16.3 Å². The van der Waals surface area contributed by atoms with Crippen LogP contribution in [0.2, 0.25) is 0 Å². The van der Waals surface area contributed by atoms with Crippen molar-refractivity contribution < 1.29 is 9.18 Å². The summed E-state index contributed by atoms with van der Waals surface area (Å²) in [6.45, 7) is 2.40. The lowest BCUT2D eigenvalue weighted by molar-refractivity contribution is 0.0953. The first-order valence-electron chi connectivity index (χ1n) is 5.91. The second kappa shape index (κ2) is 6.32. The SMILES string of the molecule is Cc1csc(CCNC(=O)c2cc(N)c(F)cc2Br)n1. The molecule has 4 nitrogen and oxygen atoms in total. The van der Waals surface area contributed by atoms with Crippen LogP contribution >= 0.6 is 27.3 Å². The van der Waals surface area contributed by atoms with Gasteiger partial charge in [0, 0.05) is 28.5 Å². The van der Waals surface area contributed by atoms with Crippen LogP contribution in [0.3, 0.4) is 0 Å². The summed E-state index contributed by atoms with van der Waals surface area (Å²) < 4.78 is 13.6. The molecule has 0 aliphatic rings. The quantitative estimate of drug-likeness (QED) is 0.826. The Morgan fingerprint density at radius 1 is 1.55 bits per heavy atom. The van der Waals surface area contributed by atoms with E-state index in [9.17, 15) is 9.18 Å². The molecule has 0 bridgehead atoms. The molecule has 1 aromatic carbocycles. The van der Waals surface area contributed by atoms with E-state index in [-0.39, 0.29) is 11.6 Å². The van der Waals surface area contributed by atoms with Crippen molar-refractivity contribution in [2.45, 2.75) is 13.3 Å². The minimum absolute atomic E-state index is 0.0473. The minimum atomic E-state index is -0.549. The highest BCUT2D eigenvalue weighted by atomic mass is 79.9. The monoisotopic (exact) mass is 357 g/mol. The maximum atomic E-state index is 13.2. The molecule has 3 N–H and O–H groups in total. The molecule has 1 aromatic heterocycles. The second-order valence-electron chi connectivity index (χ2n) is 4.24. The maximum Gasteiger partial charge on any atom is 0.252 e. The maximum absolute atomic E-state index is 13.2. The second-order valence-corrected chi connectivity index (χ2v) is 6.04. The van der Waals surface area contributed by atoms with E-state index in [1.165, 1.54) is 12.1 Å². The molecule has 0 aliphatic heterocycles. The number of rotatable bonds is 4. The van der Waals surface area contributed by atoms with Gasteiger partial charge in [-0.1, -0.05) is 0 Å². The molecule has 0 fully saturated rings. The molecule has 1 heterocycles. The molecule has 2 rings (SSSR count). The van der Waals surface area contributed by atoms with E-state index in [0.29, 0.717) is 23.0 Å². The largest absolute Gasteiger partial charge is 0.396 e. The van der Waals surface area contributed by atoms with Crippen molar-refractivity contribution in [2.75, 3.05) is 12.3 Å². The Morgan fingerprint density at radius 2 is 2.30 bits per heavy atom. The van der Waals surface area contributed by atoms with E-state index in [0.717, 1.165) is 10.7 Å². The van der Waals surface area contributed by atoms with Gasteiger partial charge in [-0.15, -0.1) is 11.3 Å².